The van der Waals surface area contributed by atoms with Gasteiger partial charge in [0, 0.05) is 10.6 Å². The Kier molecular flexibility index (Phi) is 4.58. The summed E-state index contributed by atoms with van der Waals surface area (Å²) in [6, 6.07) is 12.8. The summed E-state index contributed by atoms with van der Waals surface area (Å²) in [7, 11) is 0. The number of amides is 1. The summed E-state index contributed by atoms with van der Waals surface area (Å²) in [5.41, 5.74) is 3.59. The molecule has 0 bridgehead atoms. The summed E-state index contributed by atoms with van der Waals surface area (Å²) in [6.45, 7) is 6.16. The molecule has 3 aromatic rings. The van der Waals surface area contributed by atoms with Crippen molar-refractivity contribution in [1.82, 2.24) is 15.3 Å². The number of carbonyl (C=O) groups excluding carboxylic acids is 1. The summed E-state index contributed by atoms with van der Waals surface area (Å²) in [5, 5.41) is 3.60. The number of H-pyrrole nitrogens is 1. The Bertz CT molecular complexity index is 885. The van der Waals surface area contributed by atoms with Gasteiger partial charge in [0.25, 0.3) is 5.91 Å². The number of nitrogens with zero attached hydrogens (tertiary/aromatic N) is 1. The number of halogens is 1. The lowest BCUT2D eigenvalue weighted by atomic mass is 10.0. The van der Waals surface area contributed by atoms with Crippen LogP contribution in [0.5, 0.6) is 0 Å². The molecule has 0 aliphatic rings. The molecule has 1 atom stereocenters. The maximum atomic E-state index is 12.5. The molecule has 2 N–H and O–H groups in total. The highest BCUT2D eigenvalue weighted by molar-refractivity contribution is 6.30. The van der Waals surface area contributed by atoms with Gasteiger partial charge in [-0.25, -0.2) is 4.98 Å². The van der Waals surface area contributed by atoms with E-state index in [1.54, 1.807) is 24.3 Å². The SMILES string of the molecule is Cc1ccc2nc([C@@H](NC(=O)c3cccc(Cl)c3)C(C)C)[nH]c2c1. The highest BCUT2D eigenvalue weighted by atomic mass is 35.5. The quantitative estimate of drug-likeness (QED) is 0.725. The van der Waals surface area contributed by atoms with E-state index in [2.05, 4.69) is 35.2 Å². The summed E-state index contributed by atoms with van der Waals surface area (Å²) >= 11 is 5.97. The van der Waals surface area contributed by atoms with Gasteiger partial charge in [-0.2, -0.15) is 0 Å². The summed E-state index contributed by atoms with van der Waals surface area (Å²) in [6.07, 6.45) is 0. The number of rotatable bonds is 4. The zero-order chi connectivity index (χ0) is 17.3. The third kappa shape index (κ3) is 3.44. The zero-order valence-corrected chi connectivity index (χ0v) is 14.7. The molecule has 0 radical (unpaired) electrons. The third-order valence-corrected chi connectivity index (χ3v) is 4.23. The molecule has 0 unspecified atom stereocenters. The Hall–Kier alpha value is -2.33. The highest BCUT2D eigenvalue weighted by Gasteiger charge is 2.22. The predicted molar refractivity (Wildman–Crippen MR) is 97.3 cm³/mol. The van der Waals surface area contributed by atoms with Crippen LogP contribution in [0.1, 0.15) is 41.6 Å². The van der Waals surface area contributed by atoms with E-state index in [0.29, 0.717) is 10.6 Å². The van der Waals surface area contributed by atoms with E-state index in [9.17, 15) is 4.79 Å². The molecule has 0 aliphatic heterocycles. The van der Waals surface area contributed by atoms with Crippen molar-refractivity contribution in [2.24, 2.45) is 5.92 Å². The molecule has 4 nitrogen and oxygen atoms in total. The van der Waals surface area contributed by atoms with E-state index >= 15 is 0 Å². The number of imidazole rings is 1. The van der Waals surface area contributed by atoms with Crippen LogP contribution in [0.15, 0.2) is 42.5 Å². The first kappa shape index (κ1) is 16.5. The largest absolute Gasteiger partial charge is 0.342 e. The van der Waals surface area contributed by atoms with Crippen LogP contribution >= 0.6 is 11.6 Å². The van der Waals surface area contributed by atoms with Crippen LogP contribution in [0, 0.1) is 12.8 Å². The van der Waals surface area contributed by atoms with Gasteiger partial charge in [-0.3, -0.25) is 4.79 Å². The maximum absolute atomic E-state index is 12.5. The number of nitrogens with one attached hydrogen (secondary N) is 2. The normalized spacial score (nSPS) is 12.5. The van der Waals surface area contributed by atoms with Crippen LogP contribution in [0.2, 0.25) is 5.02 Å². The molecule has 0 aliphatic carbocycles. The standard InChI is InChI=1S/C19H20ClN3O/c1-11(2)17(23-19(24)13-5-4-6-14(20)10-13)18-21-15-8-7-12(3)9-16(15)22-18/h4-11,17H,1-3H3,(H,21,22)(H,23,24)/t17-/m0/s1. The van der Waals surface area contributed by atoms with Gasteiger partial charge in [-0.15, -0.1) is 0 Å². The fourth-order valence-electron chi connectivity index (χ4n) is 2.70. The van der Waals surface area contributed by atoms with Crippen LogP contribution in [0.25, 0.3) is 11.0 Å². The number of carbonyl (C=O) groups is 1. The lowest BCUT2D eigenvalue weighted by molar-refractivity contribution is 0.0923. The molecule has 5 heteroatoms. The second-order valence-electron chi connectivity index (χ2n) is 6.35. The Balaban J connectivity index is 1.90. The van der Waals surface area contributed by atoms with Crippen molar-refractivity contribution in [1.29, 1.82) is 0 Å². The molecule has 2 aromatic carbocycles. The van der Waals surface area contributed by atoms with E-state index in [0.717, 1.165) is 16.9 Å². The van der Waals surface area contributed by atoms with Crippen molar-refractivity contribution < 1.29 is 4.79 Å². The average Bonchev–Trinajstić information content (AvgIpc) is 2.94. The van der Waals surface area contributed by atoms with Gasteiger partial charge >= 0.3 is 0 Å². The molecule has 1 aromatic heterocycles. The second-order valence-corrected chi connectivity index (χ2v) is 6.78. The lowest BCUT2D eigenvalue weighted by Gasteiger charge is -2.20. The van der Waals surface area contributed by atoms with Gasteiger partial charge in [0.15, 0.2) is 0 Å². The summed E-state index contributed by atoms with van der Waals surface area (Å²) in [4.78, 5) is 20.5. The van der Waals surface area contributed by atoms with Crippen molar-refractivity contribution in [3.05, 3.63) is 64.4 Å². The van der Waals surface area contributed by atoms with E-state index < -0.39 is 0 Å². The number of aromatic nitrogens is 2. The molecule has 0 saturated heterocycles. The number of fused-ring (bicyclic) bond motifs is 1. The Morgan fingerprint density at radius 2 is 2.00 bits per heavy atom. The number of aryl methyl sites for hydroxylation is 1. The molecule has 1 amide bonds. The van der Waals surface area contributed by atoms with Crippen molar-refractivity contribution in [2.75, 3.05) is 0 Å². The first-order valence-electron chi connectivity index (χ1n) is 7.97. The molecule has 0 saturated carbocycles. The molecule has 24 heavy (non-hydrogen) atoms. The molecule has 124 valence electrons. The van der Waals surface area contributed by atoms with E-state index in [-0.39, 0.29) is 17.9 Å². The topological polar surface area (TPSA) is 57.8 Å². The first-order chi connectivity index (χ1) is 11.4. The Morgan fingerprint density at radius 1 is 1.21 bits per heavy atom. The Morgan fingerprint density at radius 3 is 2.71 bits per heavy atom. The maximum Gasteiger partial charge on any atom is 0.251 e. The van der Waals surface area contributed by atoms with Gasteiger partial charge in [0.05, 0.1) is 17.1 Å². The predicted octanol–water partition coefficient (Wildman–Crippen LogP) is 4.65. The van der Waals surface area contributed by atoms with Gasteiger partial charge in [0.2, 0.25) is 0 Å². The minimum Gasteiger partial charge on any atom is -0.342 e. The van der Waals surface area contributed by atoms with Crippen LogP contribution < -0.4 is 5.32 Å². The van der Waals surface area contributed by atoms with Gasteiger partial charge in [0.1, 0.15) is 5.82 Å². The minimum atomic E-state index is -0.204. The summed E-state index contributed by atoms with van der Waals surface area (Å²) < 4.78 is 0. The number of hydrogen-bond acceptors (Lipinski definition) is 2. The molecular weight excluding hydrogens is 322 g/mol. The van der Waals surface area contributed by atoms with Crippen LogP contribution in [-0.4, -0.2) is 15.9 Å². The van der Waals surface area contributed by atoms with Crippen molar-refractivity contribution in [2.45, 2.75) is 26.8 Å². The zero-order valence-electron chi connectivity index (χ0n) is 13.9. The van der Waals surface area contributed by atoms with Crippen LogP contribution in [0.4, 0.5) is 0 Å². The van der Waals surface area contributed by atoms with Crippen LogP contribution in [-0.2, 0) is 0 Å². The smallest absolute Gasteiger partial charge is 0.251 e. The monoisotopic (exact) mass is 341 g/mol. The van der Waals surface area contributed by atoms with E-state index in [1.165, 1.54) is 5.56 Å². The number of benzene rings is 2. The number of hydrogen-bond donors (Lipinski definition) is 2. The lowest BCUT2D eigenvalue weighted by Crippen LogP contribution is -2.32. The van der Waals surface area contributed by atoms with Gasteiger partial charge in [-0.1, -0.05) is 37.6 Å². The second kappa shape index (κ2) is 6.65. The summed E-state index contributed by atoms with van der Waals surface area (Å²) in [5.74, 6) is 0.795. The van der Waals surface area contributed by atoms with Crippen molar-refractivity contribution in [3.8, 4) is 0 Å². The molecule has 0 spiro atoms. The fraction of sp³-hybridized carbons (Fsp3) is 0.263. The van der Waals surface area contributed by atoms with Gasteiger partial charge < -0.3 is 10.3 Å². The highest BCUT2D eigenvalue weighted by Crippen LogP contribution is 2.23. The molecule has 0 fully saturated rings. The average molecular weight is 342 g/mol. The fourth-order valence-corrected chi connectivity index (χ4v) is 2.89. The minimum absolute atomic E-state index is 0.159. The molecule has 1 heterocycles. The third-order valence-electron chi connectivity index (χ3n) is 3.99. The molecular formula is C19H20ClN3O. The Labute approximate surface area is 146 Å². The number of aromatic amines is 1. The van der Waals surface area contributed by atoms with Gasteiger partial charge in [-0.05, 0) is 48.7 Å². The first-order valence-corrected chi connectivity index (χ1v) is 8.34. The van der Waals surface area contributed by atoms with Crippen molar-refractivity contribution >= 4 is 28.5 Å². The molecule has 3 rings (SSSR count). The van der Waals surface area contributed by atoms with Crippen molar-refractivity contribution in [3.63, 3.8) is 0 Å². The van der Waals surface area contributed by atoms with E-state index in [1.807, 2.05) is 19.1 Å². The van der Waals surface area contributed by atoms with Crippen LogP contribution in [0.3, 0.4) is 0 Å². The van der Waals surface area contributed by atoms with E-state index in [4.69, 9.17) is 11.6 Å².